The Morgan fingerprint density at radius 3 is 2.96 bits per heavy atom. The predicted molar refractivity (Wildman–Crippen MR) is 102 cm³/mol. The van der Waals surface area contributed by atoms with Gasteiger partial charge in [-0.3, -0.25) is 4.79 Å². The number of thioether (sulfide) groups is 2. The second-order valence-corrected chi connectivity index (χ2v) is 8.90. The maximum absolute atomic E-state index is 13.9. The third-order valence-corrected chi connectivity index (χ3v) is 7.44. The molecule has 2 amide bonds. The molecular formula is C18H21FN2O4S2. The zero-order valence-electron chi connectivity index (χ0n) is 14.8. The molecule has 2 aliphatic rings. The number of rotatable bonds is 6. The summed E-state index contributed by atoms with van der Waals surface area (Å²) in [5, 5.41) is 4.65. The molecule has 0 spiro atoms. The van der Waals surface area contributed by atoms with Crippen LogP contribution in [0.3, 0.4) is 0 Å². The lowest BCUT2D eigenvalue weighted by Crippen LogP contribution is -2.51. The zero-order valence-corrected chi connectivity index (χ0v) is 16.5. The van der Waals surface area contributed by atoms with Crippen molar-refractivity contribution in [1.82, 2.24) is 10.6 Å². The molecule has 2 aliphatic heterocycles. The number of amides is 2. The Hall–Kier alpha value is -1.74. The number of hydrogen-bond acceptors (Lipinski definition) is 6. The van der Waals surface area contributed by atoms with Crippen molar-refractivity contribution in [2.24, 2.45) is 5.41 Å². The lowest BCUT2D eigenvalue weighted by atomic mass is 9.86. The van der Waals surface area contributed by atoms with Crippen molar-refractivity contribution in [1.29, 1.82) is 0 Å². The molecule has 3 rings (SSSR count). The van der Waals surface area contributed by atoms with Crippen LogP contribution in [0.25, 0.3) is 0 Å². The quantitative estimate of drug-likeness (QED) is 0.698. The van der Waals surface area contributed by atoms with Gasteiger partial charge in [-0.05, 0) is 37.1 Å². The lowest BCUT2D eigenvalue weighted by molar-refractivity contribution is -0.122. The van der Waals surface area contributed by atoms with E-state index in [-0.39, 0.29) is 24.9 Å². The first-order valence-electron chi connectivity index (χ1n) is 8.72. The summed E-state index contributed by atoms with van der Waals surface area (Å²) in [5.74, 6) is 0.155. The molecule has 9 heteroatoms. The molecule has 146 valence electrons. The molecule has 0 saturated carbocycles. The Balaban J connectivity index is 1.63. The SMILES string of the molecule is CCOC(=O)NCC1(C=O)CCSC1NC(=O)C1Cc2cccc(F)c2S1. The number of aldehydes is 1. The highest BCUT2D eigenvalue weighted by Gasteiger charge is 2.46. The van der Waals surface area contributed by atoms with Gasteiger partial charge in [-0.2, -0.15) is 0 Å². The van der Waals surface area contributed by atoms with E-state index in [1.807, 2.05) is 6.07 Å². The molecule has 2 N–H and O–H groups in total. The van der Waals surface area contributed by atoms with Gasteiger partial charge in [0.25, 0.3) is 0 Å². The topological polar surface area (TPSA) is 84.5 Å². The van der Waals surface area contributed by atoms with Gasteiger partial charge in [0.2, 0.25) is 5.91 Å². The summed E-state index contributed by atoms with van der Waals surface area (Å²) in [4.78, 5) is 36.6. The Morgan fingerprint density at radius 2 is 2.26 bits per heavy atom. The molecule has 2 heterocycles. The first-order chi connectivity index (χ1) is 13.0. The maximum atomic E-state index is 13.9. The first kappa shape index (κ1) is 20.0. The van der Waals surface area contributed by atoms with Crippen LogP contribution < -0.4 is 10.6 Å². The second kappa shape index (κ2) is 8.52. The normalized spacial score (nSPS) is 26.3. The van der Waals surface area contributed by atoms with Crippen molar-refractivity contribution in [3.8, 4) is 0 Å². The van der Waals surface area contributed by atoms with Gasteiger partial charge in [0.1, 0.15) is 12.1 Å². The molecule has 1 aromatic rings. The van der Waals surface area contributed by atoms with Gasteiger partial charge in [-0.25, -0.2) is 9.18 Å². The summed E-state index contributed by atoms with van der Waals surface area (Å²) in [6.45, 7) is 2.04. The fraction of sp³-hybridized carbons (Fsp3) is 0.500. The monoisotopic (exact) mass is 412 g/mol. The summed E-state index contributed by atoms with van der Waals surface area (Å²) in [6, 6.07) is 4.85. The third kappa shape index (κ3) is 4.24. The number of benzene rings is 1. The number of alkyl carbamates (subject to hydrolysis) is 1. The van der Waals surface area contributed by atoms with E-state index in [9.17, 15) is 18.8 Å². The molecule has 0 aliphatic carbocycles. The molecule has 0 radical (unpaired) electrons. The maximum Gasteiger partial charge on any atom is 0.407 e. The molecule has 1 saturated heterocycles. The van der Waals surface area contributed by atoms with Crippen molar-refractivity contribution in [3.63, 3.8) is 0 Å². The number of halogens is 1. The Morgan fingerprint density at radius 1 is 1.44 bits per heavy atom. The van der Waals surface area contributed by atoms with E-state index in [0.29, 0.717) is 23.5 Å². The summed E-state index contributed by atoms with van der Waals surface area (Å²) in [7, 11) is 0. The van der Waals surface area contributed by atoms with Crippen molar-refractivity contribution in [2.75, 3.05) is 18.9 Å². The highest BCUT2D eigenvalue weighted by molar-refractivity contribution is 8.01. The minimum Gasteiger partial charge on any atom is -0.450 e. The van der Waals surface area contributed by atoms with Gasteiger partial charge in [-0.15, -0.1) is 23.5 Å². The second-order valence-electron chi connectivity index (χ2n) is 6.47. The molecule has 27 heavy (non-hydrogen) atoms. The largest absolute Gasteiger partial charge is 0.450 e. The van der Waals surface area contributed by atoms with Gasteiger partial charge in [-0.1, -0.05) is 12.1 Å². The summed E-state index contributed by atoms with van der Waals surface area (Å²) in [5.41, 5.74) is -0.0566. The van der Waals surface area contributed by atoms with Gasteiger partial charge < -0.3 is 20.2 Å². The van der Waals surface area contributed by atoms with Crippen molar-refractivity contribution in [2.45, 2.75) is 35.3 Å². The van der Waals surface area contributed by atoms with E-state index in [1.54, 1.807) is 13.0 Å². The lowest BCUT2D eigenvalue weighted by Gasteiger charge is -2.30. The Labute approximate surface area is 165 Å². The fourth-order valence-corrected chi connectivity index (χ4v) is 5.94. The van der Waals surface area contributed by atoms with E-state index in [1.165, 1.54) is 29.6 Å². The third-order valence-electron chi connectivity index (χ3n) is 4.73. The van der Waals surface area contributed by atoms with Crippen LogP contribution >= 0.6 is 23.5 Å². The van der Waals surface area contributed by atoms with Crippen molar-refractivity contribution >= 4 is 41.8 Å². The number of carbonyl (C=O) groups is 3. The van der Waals surface area contributed by atoms with E-state index in [0.717, 1.165) is 11.8 Å². The zero-order chi connectivity index (χ0) is 19.4. The van der Waals surface area contributed by atoms with E-state index < -0.39 is 22.1 Å². The highest BCUT2D eigenvalue weighted by Crippen LogP contribution is 2.42. The molecule has 3 atom stereocenters. The number of carbonyl (C=O) groups excluding carboxylic acids is 3. The average molecular weight is 413 g/mol. The number of hydrogen-bond donors (Lipinski definition) is 2. The standard InChI is InChI=1S/C18H21FN2O4S2/c1-2-25-17(24)20-9-18(10-22)6-7-26-16(18)21-15(23)13-8-11-4-3-5-12(19)14(11)27-13/h3-5,10,13,16H,2,6-9H2,1H3,(H,20,24)(H,21,23). The van der Waals surface area contributed by atoms with Crippen LogP contribution in [0.2, 0.25) is 0 Å². The van der Waals surface area contributed by atoms with Crippen LogP contribution in [0.5, 0.6) is 0 Å². The molecule has 1 aromatic carbocycles. The van der Waals surface area contributed by atoms with Crippen LogP contribution in [0.4, 0.5) is 9.18 Å². The van der Waals surface area contributed by atoms with Gasteiger partial charge in [0, 0.05) is 11.4 Å². The molecular weight excluding hydrogens is 391 g/mol. The minimum absolute atomic E-state index is 0.0972. The fourth-order valence-electron chi connectivity index (χ4n) is 3.21. The Kier molecular flexibility index (Phi) is 6.31. The summed E-state index contributed by atoms with van der Waals surface area (Å²) >= 11 is 2.69. The number of nitrogens with one attached hydrogen (secondary N) is 2. The van der Waals surface area contributed by atoms with E-state index in [2.05, 4.69) is 10.6 Å². The number of ether oxygens (including phenoxy) is 1. The van der Waals surface area contributed by atoms with Crippen LogP contribution in [0.1, 0.15) is 18.9 Å². The Bertz CT molecular complexity index is 748. The molecule has 0 bridgehead atoms. The van der Waals surface area contributed by atoms with E-state index in [4.69, 9.17) is 4.74 Å². The smallest absolute Gasteiger partial charge is 0.407 e. The molecule has 6 nitrogen and oxygen atoms in total. The summed E-state index contributed by atoms with van der Waals surface area (Å²) < 4.78 is 18.7. The highest BCUT2D eigenvalue weighted by atomic mass is 32.2. The first-order valence-corrected chi connectivity index (χ1v) is 10.6. The van der Waals surface area contributed by atoms with Gasteiger partial charge in [0.15, 0.2) is 0 Å². The van der Waals surface area contributed by atoms with Crippen molar-refractivity contribution < 1.29 is 23.5 Å². The molecule has 0 aromatic heterocycles. The van der Waals surface area contributed by atoms with Gasteiger partial charge >= 0.3 is 6.09 Å². The molecule has 3 unspecified atom stereocenters. The van der Waals surface area contributed by atoms with Crippen LogP contribution in [0, 0.1) is 11.2 Å². The van der Waals surface area contributed by atoms with Crippen LogP contribution in [0.15, 0.2) is 23.1 Å². The van der Waals surface area contributed by atoms with Crippen LogP contribution in [-0.2, 0) is 20.7 Å². The summed E-state index contributed by atoms with van der Waals surface area (Å²) in [6.07, 6.45) is 1.22. The van der Waals surface area contributed by atoms with Gasteiger partial charge in [0.05, 0.1) is 22.6 Å². The predicted octanol–water partition coefficient (Wildman–Crippen LogP) is 2.35. The molecule has 1 fully saturated rings. The average Bonchev–Trinajstić information content (AvgIpc) is 3.26. The number of fused-ring (bicyclic) bond motifs is 1. The van der Waals surface area contributed by atoms with E-state index >= 15 is 0 Å². The van der Waals surface area contributed by atoms with Crippen LogP contribution in [-0.4, -0.2) is 47.8 Å². The van der Waals surface area contributed by atoms with Crippen molar-refractivity contribution in [3.05, 3.63) is 29.6 Å². The minimum atomic E-state index is -0.880.